The third kappa shape index (κ3) is 5.59. The van der Waals surface area contributed by atoms with E-state index >= 15 is 0 Å². The number of guanidine groups is 1. The molecule has 0 saturated carbocycles. The molecule has 0 fully saturated rings. The number of nitrogens with one attached hydrogen (secondary N) is 2. The highest BCUT2D eigenvalue weighted by molar-refractivity contribution is 5.86. The summed E-state index contributed by atoms with van der Waals surface area (Å²) < 4.78 is 14.6. The molecule has 2 N–H and O–H groups in total. The summed E-state index contributed by atoms with van der Waals surface area (Å²) in [7, 11) is 3.41. The van der Waals surface area contributed by atoms with Gasteiger partial charge in [-0.1, -0.05) is 0 Å². The van der Waals surface area contributed by atoms with E-state index in [9.17, 15) is 9.18 Å². The highest BCUT2D eigenvalue weighted by Gasteiger charge is 2.06. The second-order valence-corrected chi connectivity index (χ2v) is 5.56. The highest BCUT2D eigenvalue weighted by Crippen LogP contribution is 2.09. The van der Waals surface area contributed by atoms with Gasteiger partial charge in [-0.15, -0.1) is 0 Å². The molecule has 0 atom stereocenters. The van der Waals surface area contributed by atoms with E-state index in [-0.39, 0.29) is 18.3 Å². The van der Waals surface area contributed by atoms with Gasteiger partial charge in [-0.05, 0) is 37.3 Å². The van der Waals surface area contributed by atoms with Crippen molar-refractivity contribution in [2.45, 2.75) is 13.5 Å². The SMILES string of the molecule is CCNC(=NCc1ccn(-c2ccc(F)cc2)n1)NCC(=O)N(C)C. The fraction of sp³-hybridized carbons (Fsp3) is 0.353. The van der Waals surface area contributed by atoms with Crippen molar-refractivity contribution in [3.63, 3.8) is 0 Å². The fourth-order valence-corrected chi connectivity index (χ4v) is 2.00. The molecular weight excluding hydrogens is 323 g/mol. The van der Waals surface area contributed by atoms with E-state index in [4.69, 9.17) is 0 Å². The van der Waals surface area contributed by atoms with Gasteiger partial charge in [0.05, 0.1) is 24.5 Å². The number of amides is 1. The van der Waals surface area contributed by atoms with E-state index in [1.807, 2.05) is 13.0 Å². The van der Waals surface area contributed by atoms with Crippen LogP contribution in [-0.4, -0.2) is 53.7 Å². The number of carbonyl (C=O) groups is 1. The number of hydrogen-bond acceptors (Lipinski definition) is 3. The van der Waals surface area contributed by atoms with Crippen molar-refractivity contribution in [3.05, 3.63) is 48.0 Å². The maximum atomic E-state index is 13.0. The number of aliphatic imine (C=N–C) groups is 1. The van der Waals surface area contributed by atoms with Crippen LogP contribution in [0, 0.1) is 5.82 Å². The minimum absolute atomic E-state index is 0.0359. The molecule has 1 heterocycles. The van der Waals surface area contributed by atoms with E-state index in [1.165, 1.54) is 17.0 Å². The average molecular weight is 346 g/mol. The van der Waals surface area contributed by atoms with Crippen LogP contribution in [0.25, 0.3) is 5.69 Å². The Labute approximate surface area is 146 Å². The summed E-state index contributed by atoms with van der Waals surface area (Å²) in [5, 5.41) is 10.5. The minimum Gasteiger partial charge on any atom is -0.357 e. The predicted molar refractivity (Wildman–Crippen MR) is 95.0 cm³/mol. The lowest BCUT2D eigenvalue weighted by Gasteiger charge is -2.13. The lowest BCUT2D eigenvalue weighted by molar-refractivity contribution is -0.127. The summed E-state index contributed by atoms with van der Waals surface area (Å²) >= 11 is 0. The molecule has 0 unspecified atom stereocenters. The van der Waals surface area contributed by atoms with Crippen molar-refractivity contribution in [3.8, 4) is 5.69 Å². The maximum Gasteiger partial charge on any atom is 0.241 e. The molecule has 2 rings (SSSR count). The molecule has 0 saturated heterocycles. The van der Waals surface area contributed by atoms with E-state index in [1.54, 1.807) is 37.1 Å². The second-order valence-electron chi connectivity index (χ2n) is 5.56. The molecule has 0 aliphatic rings. The number of rotatable bonds is 6. The van der Waals surface area contributed by atoms with Crippen molar-refractivity contribution in [1.29, 1.82) is 0 Å². The molecule has 134 valence electrons. The molecule has 0 spiro atoms. The molecule has 1 amide bonds. The van der Waals surface area contributed by atoms with Crippen molar-refractivity contribution in [2.24, 2.45) is 4.99 Å². The lowest BCUT2D eigenvalue weighted by atomic mass is 10.3. The smallest absolute Gasteiger partial charge is 0.241 e. The quantitative estimate of drug-likeness (QED) is 0.608. The monoisotopic (exact) mass is 346 g/mol. The minimum atomic E-state index is -0.283. The first-order chi connectivity index (χ1) is 12.0. The van der Waals surface area contributed by atoms with Gasteiger partial charge in [-0.3, -0.25) is 4.79 Å². The number of carbonyl (C=O) groups excluding carboxylic acids is 1. The van der Waals surface area contributed by atoms with Gasteiger partial charge in [0.15, 0.2) is 5.96 Å². The second kappa shape index (κ2) is 8.81. The van der Waals surface area contributed by atoms with Gasteiger partial charge >= 0.3 is 0 Å². The number of nitrogens with zero attached hydrogens (tertiary/aromatic N) is 4. The molecule has 0 bridgehead atoms. The van der Waals surface area contributed by atoms with Gasteiger partial charge in [0.1, 0.15) is 5.82 Å². The Balaban J connectivity index is 2.00. The van der Waals surface area contributed by atoms with Gasteiger partial charge < -0.3 is 15.5 Å². The fourth-order valence-electron chi connectivity index (χ4n) is 2.00. The zero-order valence-electron chi connectivity index (χ0n) is 14.7. The molecular formula is C17H23FN6O. The molecule has 1 aromatic carbocycles. The molecule has 0 aliphatic carbocycles. The zero-order chi connectivity index (χ0) is 18.2. The third-order valence-electron chi connectivity index (χ3n) is 3.38. The number of halogens is 1. The summed E-state index contributed by atoms with van der Waals surface area (Å²) in [4.78, 5) is 17.6. The van der Waals surface area contributed by atoms with Crippen LogP contribution < -0.4 is 10.6 Å². The lowest BCUT2D eigenvalue weighted by Crippen LogP contribution is -2.42. The normalized spacial score (nSPS) is 11.3. The van der Waals surface area contributed by atoms with E-state index in [0.29, 0.717) is 19.0 Å². The predicted octanol–water partition coefficient (Wildman–Crippen LogP) is 1.15. The Morgan fingerprint density at radius 2 is 1.96 bits per heavy atom. The first kappa shape index (κ1) is 18.4. The summed E-state index contributed by atoms with van der Waals surface area (Å²) in [5.41, 5.74) is 1.54. The zero-order valence-corrected chi connectivity index (χ0v) is 14.7. The van der Waals surface area contributed by atoms with Crippen LogP contribution in [0.2, 0.25) is 0 Å². The van der Waals surface area contributed by atoms with Crippen LogP contribution in [-0.2, 0) is 11.3 Å². The van der Waals surface area contributed by atoms with E-state index in [2.05, 4.69) is 20.7 Å². The third-order valence-corrected chi connectivity index (χ3v) is 3.38. The Morgan fingerprint density at radius 3 is 2.60 bits per heavy atom. The van der Waals surface area contributed by atoms with E-state index < -0.39 is 0 Å². The summed E-state index contributed by atoms with van der Waals surface area (Å²) in [6, 6.07) is 7.96. The topological polar surface area (TPSA) is 74.5 Å². The Kier molecular flexibility index (Phi) is 6.50. The van der Waals surface area contributed by atoms with Crippen LogP contribution in [0.4, 0.5) is 4.39 Å². The van der Waals surface area contributed by atoms with Crippen LogP contribution in [0.5, 0.6) is 0 Å². The largest absolute Gasteiger partial charge is 0.357 e. The Hall–Kier alpha value is -2.90. The standard InChI is InChI=1S/C17H23FN6O/c1-4-19-17(21-12-16(25)23(2)3)20-11-14-9-10-24(22-14)15-7-5-13(18)6-8-15/h5-10H,4,11-12H2,1-3H3,(H2,19,20,21). The molecule has 0 aliphatic heterocycles. The Bertz CT molecular complexity index is 723. The summed E-state index contributed by atoms with van der Waals surface area (Å²) in [6.07, 6.45) is 1.80. The van der Waals surface area contributed by atoms with Crippen molar-refractivity contribution in [1.82, 2.24) is 25.3 Å². The van der Waals surface area contributed by atoms with Crippen LogP contribution in [0.3, 0.4) is 0 Å². The Morgan fingerprint density at radius 1 is 1.24 bits per heavy atom. The van der Waals surface area contributed by atoms with Crippen LogP contribution in [0.1, 0.15) is 12.6 Å². The molecule has 8 heteroatoms. The van der Waals surface area contributed by atoms with Crippen molar-refractivity contribution < 1.29 is 9.18 Å². The van der Waals surface area contributed by atoms with Crippen molar-refractivity contribution >= 4 is 11.9 Å². The molecule has 0 radical (unpaired) electrons. The van der Waals surface area contributed by atoms with Gasteiger partial charge in [0.2, 0.25) is 5.91 Å². The average Bonchev–Trinajstić information content (AvgIpc) is 3.06. The van der Waals surface area contributed by atoms with Gasteiger partial charge in [0.25, 0.3) is 0 Å². The van der Waals surface area contributed by atoms with Crippen LogP contribution >= 0.6 is 0 Å². The highest BCUT2D eigenvalue weighted by atomic mass is 19.1. The molecule has 2 aromatic rings. The molecule has 7 nitrogen and oxygen atoms in total. The number of likely N-dealkylation sites (N-methyl/N-ethyl adjacent to an activating group) is 1. The number of aromatic nitrogens is 2. The van der Waals surface area contributed by atoms with Crippen LogP contribution in [0.15, 0.2) is 41.5 Å². The number of benzene rings is 1. The van der Waals surface area contributed by atoms with E-state index in [0.717, 1.165) is 11.4 Å². The summed E-state index contributed by atoms with van der Waals surface area (Å²) in [5.74, 6) is 0.231. The number of hydrogen-bond donors (Lipinski definition) is 2. The maximum absolute atomic E-state index is 13.0. The summed E-state index contributed by atoms with van der Waals surface area (Å²) in [6.45, 7) is 3.17. The van der Waals surface area contributed by atoms with Crippen molar-refractivity contribution in [2.75, 3.05) is 27.2 Å². The first-order valence-corrected chi connectivity index (χ1v) is 8.02. The molecule has 1 aromatic heterocycles. The first-order valence-electron chi connectivity index (χ1n) is 8.02. The van der Waals surface area contributed by atoms with Gasteiger partial charge in [-0.2, -0.15) is 5.10 Å². The van der Waals surface area contributed by atoms with Gasteiger partial charge in [-0.25, -0.2) is 14.1 Å². The van der Waals surface area contributed by atoms with Gasteiger partial charge in [0, 0.05) is 26.8 Å². The molecule has 25 heavy (non-hydrogen) atoms.